The van der Waals surface area contributed by atoms with Gasteiger partial charge in [-0.05, 0) is 68.6 Å². The first-order valence-electron chi connectivity index (χ1n) is 12.8. The van der Waals surface area contributed by atoms with Gasteiger partial charge in [0.25, 0.3) is 10.0 Å². The van der Waals surface area contributed by atoms with E-state index >= 15 is 0 Å². The molecule has 40 heavy (non-hydrogen) atoms. The maximum absolute atomic E-state index is 13.9. The molecule has 3 aromatic carbocycles. The van der Waals surface area contributed by atoms with Gasteiger partial charge >= 0.3 is 0 Å². The number of para-hydroxylation sites is 2. The van der Waals surface area contributed by atoms with Crippen molar-refractivity contribution < 1.29 is 26.4 Å². The average Bonchev–Trinajstić information content (AvgIpc) is 2.96. The summed E-state index contributed by atoms with van der Waals surface area (Å²) >= 11 is 1.50. The summed E-state index contributed by atoms with van der Waals surface area (Å²) < 4.78 is 62.1. The fourth-order valence-electron chi connectivity index (χ4n) is 4.38. The molecule has 1 heterocycles. The standard InChI is InChI=1S/C28H33N3O6S3/c1-4-37-27-8-6-5-7-26(27)31(40(35,36)25-15-11-23(38-3)12-16-25)21-28(32)29-17-19-30(20-18-29)39(33,34)24-13-9-22(2)10-14-24/h5-16H,4,17-21H2,1-3H3. The number of ether oxygens (including phenoxy) is 1. The summed E-state index contributed by atoms with van der Waals surface area (Å²) in [5.74, 6) is -0.0842. The molecule has 1 aliphatic heterocycles. The number of piperazine rings is 1. The molecule has 214 valence electrons. The van der Waals surface area contributed by atoms with Crippen LogP contribution in [0.3, 0.4) is 0 Å². The molecule has 0 bridgehead atoms. The Bertz CT molecular complexity index is 1530. The normalized spacial score (nSPS) is 14.6. The minimum Gasteiger partial charge on any atom is -0.492 e. The molecular formula is C28H33N3O6S3. The van der Waals surface area contributed by atoms with Crippen molar-refractivity contribution in [1.29, 1.82) is 0 Å². The van der Waals surface area contributed by atoms with Crippen molar-refractivity contribution in [3.8, 4) is 5.75 Å². The minimum atomic E-state index is -4.14. The lowest BCUT2D eigenvalue weighted by Gasteiger charge is -2.35. The third-order valence-electron chi connectivity index (χ3n) is 6.61. The van der Waals surface area contributed by atoms with Crippen molar-refractivity contribution >= 4 is 43.4 Å². The van der Waals surface area contributed by atoms with Crippen LogP contribution < -0.4 is 9.04 Å². The molecule has 1 fully saturated rings. The van der Waals surface area contributed by atoms with Crippen molar-refractivity contribution in [1.82, 2.24) is 9.21 Å². The number of aryl methyl sites for hydroxylation is 1. The van der Waals surface area contributed by atoms with E-state index in [1.54, 1.807) is 67.6 Å². The molecule has 4 rings (SSSR count). The van der Waals surface area contributed by atoms with Crippen LogP contribution in [0, 0.1) is 6.92 Å². The maximum atomic E-state index is 13.9. The number of carbonyl (C=O) groups is 1. The van der Waals surface area contributed by atoms with Gasteiger partial charge in [0, 0.05) is 31.1 Å². The van der Waals surface area contributed by atoms with E-state index < -0.39 is 32.5 Å². The maximum Gasteiger partial charge on any atom is 0.264 e. The van der Waals surface area contributed by atoms with E-state index in [9.17, 15) is 21.6 Å². The number of thioether (sulfide) groups is 1. The molecule has 3 aromatic rings. The highest BCUT2D eigenvalue weighted by Gasteiger charge is 2.34. The van der Waals surface area contributed by atoms with Crippen molar-refractivity contribution in [3.05, 3.63) is 78.4 Å². The first-order chi connectivity index (χ1) is 19.1. The van der Waals surface area contributed by atoms with Crippen molar-refractivity contribution in [2.24, 2.45) is 0 Å². The lowest BCUT2D eigenvalue weighted by Crippen LogP contribution is -2.53. The quantitative estimate of drug-likeness (QED) is 0.324. The highest BCUT2D eigenvalue weighted by Crippen LogP contribution is 2.33. The molecule has 0 aliphatic carbocycles. The number of sulfonamides is 2. The Morgan fingerprint density at radius 2 is 1.48 bits per heavy atom. The van der Waals surface area contributed by atoms with Crippen LogP contribution in [-0.2, 0) is 24.8 Å². The monoisotopic (exact) mass is 603 g/mol. The van der Waals surface area contributed by atoms with E-state index in [0.717, 1.165) is 14.8 Å². The number of anilines is 1. The van der Waals surface area contributed by atoms with Crippen LogP contribution in [-0.4, -0.2) is 77.5 Å². The number of benzene rings is 3. The van der Waals surface area contributed by atoms with E-state index in [2.05, 4.69) is 0 Å². The molecule has 9 nitrogen and oxygen atoms in total. The van der Waals surface area contributed by atoms with Crippen LogP contribution >= 0.6 is 11.8 Å². The summed E-state index contributed by atoms with van der Waals surface area (Å²) in [7, 11) is -7.84. The van der Waals surface area contributed by atoms with Gasteiger partial charge in [0.15, 0.2) is 0 Å². The first kappa shape index (κ1) is 29.9. The number of amides is 1. The minimum absolute atomic E-state index is 0.0541. The Kier molecular flexibility index (Phi) is 9.44. The van der Waals surface area contributed by atoms with Crippen LogP contribution in [0.25, 0.3) is 0 Å². The van der Waals surface area contributed by atoms with Gasteiger partial charge in [0.05, 0.1) is 22.1 Å². The zero-order valence-corrected chi connectivity index (χ0v) is 25.1. The van der Waals surface area contributed by atoms with Gasteiger partial charge in [-0.1, -0.05) is 29.8 Å². The summed E-state index contributed by atoms with van der Waals surface area (Å²) in [6.07, 6.45) is 1.90. The molecule has 0 spiro atoms. The lowest BCUT2D eigenvalue weighted by atomic mass is 10.2. The molecule has 12 heteroatoms. The summed E-state index contributed by atoms with van der Waals surface area (Å²) in [6.45, 7) is 4.06. The second kappa shape index (κ2) is 12.6. The summed E-state index contributed by atoms with van der Waals surface area (Å²) in [5, 5.41) is 0. The largest absolute Gasteiger partial charge is 0.492 e. The van der Waals surface area contributed by atoms with Gasteiger partial charge in [-0.2, -0.15) is 4.31 Å². The molecule has 1 aliphatic rings. The predicted molar refractivity (Wildman–Crippen MR) is 157 cm³/mol. The van der Waals surface area contributed by atoms with Crippen LogP contribution in [0.1, 0.15) is 12.5 Å². The van der Waals surface area contributed by atoms with Gasteiger partial charge < -0.3 is 9.64 Å². The first-order valence-corrected chi connectivity index (χ1v) is 16.9. The third kappa shape index (κ3) is 6.46. The lowest BCUT2D eigenvalue weighted by molar-refractivity contribution is -0.130. The van der Waals surface area contributed by atoms with Crippen LogP contribution in [0.2, 0.25) is 0 Å². The van der Waals surface area contributed by atoms with Gasteiger partial charge in [-0.3, -0.25) is 9.10 Å². The summed E-state index contributed by atoms with van der Waals surface area (Å²) in [5.41, 5.74) is 1.22. The van der Waals surface area contributed by atoms with Gasteiger partial charge in [0.2, 0.25) is 15.9 Å². The number of hydrogen-bond donors (Lipinski definition) is 0. The Morgan fingerprint density at radius 1 is 0.875 bits per heavy atom. The van der Waals surface area contributed by atoms with E-state index in [1.165, 1.54) is 33.1 Å². The fourth-order valence-corrected chi connectivity index (χ4v) is 7.63. The van der Waals surface area contributed by atoms with Crippen LogP contribution in [0.5, 0.6) is 5.75 Å². The highest BCUT2D eigenvalue weighted by molar-refractivity contribution is 7.98. The van der Waals surface area contributed by atoms with Gasteiger partial charge in [0.1, 0.15) is 12.3 Å². The highest BCUT2D eigenvalue weighted by atomic mass is 32.2. The average molecular weight is 604 g/mol. The van der Waals surface area contributed by atoms with E-state index in [-0.39, 0.29) is 41.7 Å². The Labute approximate surface area is 240 Å². The Morgan fingerprint density at radius 3 is 2.08 bits per heavy atom. The molecule has 0 N–H and O–H groups in total. The molecular weight excluding hydrogens is 571 g/mol. The van der Waals surface area contributed by atoms with Gasteiger partial charge in [-0.15, -0.1) is 11.8 Å². The Balaban J connectivity index is 1.57. The van der Waals surface area contributed by atoms with E-state index in [0.29, 0.717) is 12.4 Å². The zero-order chi connectivity index (χ0) is 28.9. The molecule has 0 aromatic heterocycles. The number of carbonyl (C=O) groups excluding carboxylic acids is 1. The predicted octanol–water partition coefficient (Wildman–Crippen LogP) is 3.84. The van der Waals surface area contributed by atoms with Gasteiger partial charge in [-0.25, -0.2) is 16.8 Å². The number of rotatable bonds is 10. The third-order valence-corrected chi connectivity index (χ3v) is 11.0. The van der Waals surface area contributed by atoms with E-state index in [4.69, 9.17) is 4.74 Å². The number of nitrogens with zero attached hydrogens (tertiary/aromatic N) is 3. The SMILES string of the molecule is CCOc1ccccc1N(CC(=O)N1CCN(S(=O)(=O)c2ccc(C)cc2)CC1)S(=O)(=O)c1ccc(SC)cc1. The fraction of sp³-hybridized carbons (Fsp3) is 0.321. The number of hydrogen-bond acceptors (Lipinski definition) is 7. The second-order valence-corrected chi connectivity index (χ2v) is 13.9. The molecule has 0 radical (unpaired) electrons. The van der Waals surface area contributed by atoms with Crippen LogP contribution in [0.15, 0.2) is 87.5 Å². The van der Waals surface area contributed by atoms with Crippen molar-refractivity contribution in [2.75, 3.05) is 49.9 Å². The molecule has 1 amide bonds. The van der Waals surface area contributed by atoms with E-state index in [1.807, 2.05) is 13.2 Å². The summed E-state index contributed by atoms with van der Waals surface area (Å²) in [6, 6.07) is 19.8. The smallest absolute Gasteiger partial charge is 0.264 e. The Hall–Kier alpha value is -3.06. The topological polar surface area (TPSA) is 104 Å². The molecule has 0 unspecified atom stereocenters. The second-order valence-electron chi connectivity index (χ2n) is 9.19. The molecule has 1 saturated heterocycles. The summed E-state index contributed by atoms with van der Waals surface area (Å²) in [4.78, 5) is 16.2. The zero-order valence-electron chi connectivity index (χ0n) is 22.7. The van der Waals surface area contributed by atoms with Crippen LogP contribution in [0.4, 0.5) is 5.69 Å². The molecule has 0 atom stereocenters. The molecule has 0 saturated carbocycles. The van der Waals surface area contributed by atoms with Crippen molar-refractivity contribution in [2.45, 2.75) is 28.5 Å². The van der Waals surface area contributed by atoms with Crippen molar-refractivity contribution in [3.63, 3.8) is 0 Å².